The first-order chi connectivity index (χ1) is 6.76. The van der Waals surface area contributed by atoms with Crippen LogP contribution in [0.3, 0.4) is 0 Å². The van der Waals surface area contributed by atoms with Gasteiger partial charge in [0.25, 0.3) is 0 Å². The highest BCUT2D eigenvalue weighted by atomic mass is 16.5. The topological polar surface area (TPSA) is 53.1 Å². The average Bonchev–Trinajstić information content (AvgIpc) is 2.62. The lowest BCUT2D eigenvalue weighted by Crippen LogP contribution is -2.21. The molecule has 0 amide bonds. The van der Waals surface area contributed by atoms with E-state index in [0.717, 1.165) is 19.4 Å². The van der Waals surface area contributed by atoms with Crippen LogP contribution in [-0.4, -0.2) is 29.5 Å². The lowest BCUT2D eigenvalue weighted by Gasteiger charge is -2.05. The molecular formula is C10H19N3O. The second kappa shape index (κ2) is 5.78. The van der Waals surface area contributed by atoms with Crippen LogP contribution < -0.4 is 5.73 Å². The number of hydrogen-bond acceptors (Lipinski definition) is 3. The molecule has 0 radical (unpaired) electrons. The summed E-state index contributed by atoms with van der Waals surface area (Å²) in [4.78, 5) is 0. The molecule has 80 valence electrons. The predicted octanol–water partition coefficient (Wildman–Crippen LogP) is 0.809. The molecule has 1 unspecified atom stereocenters. The molecule has 0 spiro atoms. The summed E-state index contributed by atoms with van der Waals surface area (Å²) in [6.45, 7) is 3.60. The first-order valence-electron chi connectivity index (χ1n) is 5.02. The molecule has 1 aromatic heterocycles. The van der Waals surface area contributed by atoms with Crippen molar-refractivity contribution in [3.63, 3.8) is 0 Å². The lowest BCUT2D eigenvalue weighted by molar-refractivity contribution is 0.183. The van der Waals surface area contributed by atoms with Crippen molar-refractivity contribution in [3.8, 4) is 0 Å². The first kappa shape index (κ1) is 11.2. The van der Waals surface area contributed by atoms with E-state index >= 15 is 0 Å². The van der Waals surface area contributed by atoms with Crippen LogP contribution in [0, 0.1) is 0 Å². The van der Waals surface area contributed by atoms with E-state index in [1.165, 1.54) is 5.56 Å². The van der Waals surface area contributed by atoms with Gasteiger partial charge in [-0.3, -0.25) is 4.68 Å². The molecule has 4 nitrogen and oxygen atoms in total. The van der Waals surface area contributed by atoms with Gasteiger partial charge in [0.05, 0.1) is 19.3 Å². The molecule has 1 heterocycles. The van der Waals surface area contributed by atoms with Crippen molar-refractivity contribution in [2.75, 3.05) is 13.7 Å². The molecule has 4 heteroatoms. The highest BCUT2D eigenvalue weighted by Crippen LogP contribution is 2.03. The van der Waals surface area contributed by atoms with E-state index in [2.05, 4.69) is 12.0 Å². The van der Waals surface area contributed by atoms with Gasteiger partial charge in [-0.1, -0.05) is 6.92 Å². The van der Waals surface area contributed by atoms with Gasteiger partial charge in [-0.05, 0) is 18.4 Å². The molecule has 2 N–H and O–H groups in total. The fourth-order valence-electron chi connectivity index (χ4n) is 1.27. The third-order valence-corrected chi connectivity index (χ3v) is 2.23. The van der Waals surface area contributed by atoms with Crippen LogP contribution in [0.5, 0.6) is 0 Å². The molecule has 1 rings (SSSR count). The molecule has 0 aliphatic carbocycles. The Kier molecular flexibility index (Phi) is 4.62. The van der Waals surface area contributed by atoms with E-state index in [1.807, 2.05) is 17.1 Å². The van der Waals surface area contributed by atoms with Gasteiger partial charge in [-0.15, -0.1) is 0 Å². The van der Waals surface area contributed by atoms with Gasteiger partial charge in [-0.25, -0.2) is 0 Å². The molecule has 0 bridgehead atoms. The number of rotatable bonds is 6. The Morgan fingerprint density at radius 2 is 2.43 bits per heavy atom. The van der Waals surface area contributed by atoms with Crippen LogP contribution in [0.15, 0.2) is 12.4 Å². The van der Waals surface area contributed by atoms with E-state index < -0.39 is 0 Å². The second-order valence-electron chi connectivity index (χ2n) is 3.48. The summed E-state index contributed by atoms with van der Waals surface area (Å²) in [6, 6.07) is 0.245. The maximum Gasteiger partial charge on any atom is 0.0658 e. The van der Waals surface area contributed by atoms with Crippen LogP contribution >= 0.6 is 0 Å². The van der Waals surface area contributed by atoms with Crippen LogP contribution in [-0.2, 0) is 17.7 Å². The largest absolute Gasteiger partial charge is 0.383 e. The fourth-order valence-corrected chi connectivity index (χ4v) is 1.27. The van der Waals surface area contributed by atoms with Gasteiger partial charge < -0.3 is 10.5 Å². The van der Waals surface area contributed by atoms with Gasteiger partial charge in [0.2, 0.25) is 0 Å². The van der Waals surface area contributed by atoms with E-state index in [0.29, 0.717) is 6.61 Å². The summed E-state index contributed by atoms with van der Waals surface area (Å²) in [5, 5.41) is 4.22. The summed E-state index contributed by atoms with van der Waals surface area (Å²) >= 11 is 0. The molecule has 0 aromatic carbocycles. The maximum atomic E-state index is 5.85. The van der Waals surface area contributed by atoms with Crippen LogP contribution in [0.1, 0.15) is 18.9 Å². The van der Waals surface area contributed by atoms with Crippen molar-refractivity contribution in [1.82, 2.24) is 9.78 Å². The minimum Gasteiger partial charge on any atom is -0.383 e. The molecule has 14 heavy (non-hydrogen) atoms. The maximum absolute atomic E-state index is 5.85. The second-order valence-corrected chi connectivity index (χ2v) is 3.48. The molecule has 0 aliphatic rings. The molecule has 1 aromatic rings. The van der Waals surface area contributed by atoms with Crippen molar-refractivity contribution in [2.24, 2.45) is 5.73 Å². The monoisotopic (exact) mass is 197 g/mol. The highest BCUT2D eigenvalue weighted by Gasteiger charge is 2.03. The van der Waals surface area contributed by atoms with E-state index in [1.54, 1.807) is 7.11 Å². The zero-order valence-electron chi connectivity index (χ0n) is 8.94. The van der Waals surface area contributed by atoms with E-state index in [4.69, 9.17) is 10.5 Å². The summed E-state index contributed by atoms with van der Waals surface area (Å²) in [7, 11) is 1.69. The van der Waals surface area contributed by atoms with Crippen molar-refractivity contribution in [3.05, 3.63) is 18.0 Å². The fraction of sp³-hybridized carbons (Fsp3) is 0.700. The third kappa shape index (κ3) is 3.47. The summed E-state index contributed by atoms with van der Waals surface area (Å²) in [5.41, 5.74) is 7.06. The van der Waals surface area contributed by atoms with E-state index in [9.17, 15) is 0 Å². The molecule has 0 saturated carbocycles. The SMILES string of the molecule is CCC(N)Cc1cnn(CCOC)c1. The Balaban J connectivity index is 2.42. The van der Waals surface area contributed by atoms with Crippen LogP contribution in [0.4, 0.5) is 0 Å². The molecule has 1 atom stereocenters. The van der Waals surface area contributed by atoms with Crippen LogP contribution in [0.25, 0.3) is 0 Å². The summed E-state index contributed by atoms with van der Waals surface area (Å²) in [6.07, 6.45) is 5.83. The Morgan fingerprint density at radius 1 is 1.64 bits per heavy atom. The van der Waals surface area contributed by atoms with Gasteiger partial charge in [0.15, 0.2) is 0 Å². The van der Waals surface area contributed by atoms with Crippen molar-refractivity contribution in [1.29, 1.82) is 0 Å². The standard InChI is InChI=1S/C10H19N3O/c1-3-10(11)6-9-7-12-13(8-9)4-5-14-2/h7-8,10H,3-6,11H2,1-2H3. The molecular weight excluding hydrogens is 178 g/mol. The highest BCUT2D eigenvalue weighted by molar-refractivity contribution is 5.05. The molecule has 0 saturated heterocycles. The quantitative estimate of drug-likeness (QED) is 0.734. The van der Waals surface area contributed by atoms with Gasteiger partial charge in [0.1, 0.15) is 0 Å². The van der Waals surface area contributed by atoms with Crippen LogP contribution in [0.2, 0.25) is 0 Å². The average molecular weight is 197 g/mol. The summed E-state index contributed by atoms with van der Waals surface area (Å²) in [5.74, 6) is 0. The predicted molar refractivity (Wildman–Crippen MR) is 56.1 cm³/mol. The Morgan fingerprint density at radius 3 is 3.07 bits per heavy atom. The van der Waals surface area contributed by atoms with E-state index in [-0.39, 0.29) is 6.04 Å². The summed E-state index contributed by atoms with van der Waals surface area (Å²) < 4.78 is 6.86. The number of hydrogen-bond donors (Lipinski definition) is 1. The number of aromatic nitrogens is 2. The number of nitrogens with zero attached hydrogens (tertiary/aromatic N) is 2. The first-order valence-corrected chi connectivity index (χ1v) is 5.02. The lowest BCUT2D eigenvalue weighted by atomic mass is 10.1. The van der Waals surface area contributed by atoms with Gasteiger partial charge in [-0.2, -0.15) is 5.10 Å². The number of nitrogens with two attached hydrogens (primary N) is 1. The number of ether oxygens (including phenoxy) is 1. The van der Waals surface area contributed by atoms with Crippen molar-refractivity contribution in [2.45, 2.75) is 32.4 Å². The zero-order chi connectivity index (χ0) is 10.4. The normalized spacial score (nSPS) is 13.1. The molecule has 0 aliphatic heterocycles. The van der Waals surface area contributed by atoms with Crippen molar-refractivity contribution < 1.29 is 4.74 Å². The third-order valence-electron chi connectivity index (χ3n) is 2.23. The zero-order valence-corrected chi connectivity index (χ0v) is 8.94. The smallest absolute Gasteiger partial charge is 0.0658 e. The minimum absolute atomic E-state index is 0.245. The Bertz CT molecular complexity index is 260. The Hall–Kier alpha value is -0.870. The minimum atomic E-state index is 0.245. The molecule has 0 fully saturated rings. The van der Waals surface area contributed by atoms with Gasteiger partial charge in [0, 0.05) is 19.3 Å². The van der Waals surface area contributed by atoms with Gasteiger partial charge >= 0.3 is 0 Å². The Labute approximate surface area is 85.0 Å². The van der Waals surface area contributed by atoms with Crippen molar-refractivity contribution >= 4 is 0 Å². The number of methoxy groups -OCH3 is 1.